The first-order valence-electron chi connectivity index (χ1n) is 11.3. The highest BCUT2D eigenvalue weighted by Gasteiger charge is 2.43. The number of carboxylic acid groups (broad SMARTS) is 1. The third kappa shape index (κ3) is 3.67. The fourth-order valence-corrected chi connectivity index (χ4v) is 5.55. The van der Waals surface area contributed by atoms with E-state index in [4.69, 9.17) is 9.47 Å². The zero-order valence-corrected chi connectivity index (χ0v) is 18.7. The second-order valence-electron chi connectivity index (χ2n) is 9.14. The van der Waals surface area contributed by atoms with Crippen LogP contribution in [0.4, 0.5) is 0 Å². The molecule has 2 aromatic carbocycles. The number of H-pyrrole nitrogens is 1. The Labute approximate surface area is 188 Å². The number of fused-ring (bicyclic) bond motifs is 1. The summed E-state index contributed by atoms with van der Waals surface area (Å²) in [5.74, 6) is 0.0128. The molecule has 0 radical (unpaired) electrons. The van der Waals surface area contributed by atoms with Crippen LogP contribution in [0.25, 0.3) is 10.9 Å². The molecule has 0 aliphatic carbocycles. The fourth-order valence-electron chi connectivity index (χ4n) is 5.55. The minimum Gasteiger partial charge on any atom is -0.496 e. The SMILES string of the molecule is COc1cc(C)c2[nH]ccc2c1CN1CC[C@]2(CCCO2)C[C@@H]1c1ccc(C(=O)O)cc1. The summed E-state index contributed by atoms with van der Waals surface area (Å²) in [6.45, 7) is 4.62. The number of rotatable bonds is 5. The maximum absolute atomic E-state index is 11.3. The second kappa shape index (κ2) is 8.26. The summed E-state index contributed by atoms with van der Waals surface area (Å²) >= 11 is 0. The summed E-state index contributed by atoms with van der Waals surface area (Å²) in [5.41, 5.74) is 4.90. The van der Waals surface area contributed by atoms with Crippen LogP contribution in [0.15, 0.2) is 42.6 Å². The average Bonchev–Trinajstić information content (AvgIpc) is 3.47. The smallest absolute Gasteiger partial charge is 0.335 e. The van der Waals surface area contributed by atoms with Crippen molar-refractivity contribution < 1.29 is 19.4 Å². The molecule has 32 heavy (non-hydrogen) atoms. The molecule has 6 nitrogen and oxygen atoms in total. The van der Waals surface area contributed by atoms with Crippen molar-refractivity contribution in [3.05, 3.63) is 64.8 Å². The van der Waals surface area contributed by atoms with Gasteiger partial charge in [0.25, 0.3) is 0 Å². The molecular weight excluding hydrogens is 404 g/mol. The number of nitrogens with zero attached hydrogens (tertiary/aromatic N) is 1. The summed E-state index contributed by atoms with van der Waals surface area (Å²) in [6, 6.07) is 11.7. The topological polar surface area (TPSA) is 74.8 Å². The van der Waals surface area contributed by atoms with Gasteiger partial charge in [0.05, 0.1) is 18.3 Å². The number of aromatic carboxylic acids is 1. The monoisotopic (exact) mass is 434 g/mol. The minimum atomic E-state index is -0.896. The lowest BCUT2D eigenvalue weighted by atomic mass is 9.81. The number of hydrogen-bond acceptors (Lipinski definition) is 4. The molecule has 3 aromatic rings. The Morgan fingerprint density at radius 3 is 2.78 bits per heavy atom. The van der Waals surface area contributed by atoms with Crippen molar-refractivity contribution in [2.75, 3.05) is 20.3 Å². The first-order valence-corrected chi connectivity index (χ1v) is 11.3. The van der Waals surface area contributed by atoms with Gasteiger partial charge in [-0.2, -0.15) is 0 Å². The zero-order chi connectivity index (χ0) is 22.3. The van der Waals surface area contributed by atoms with Crippen LogP contribution in [0.1, 0.15) is 58.8 Å². The van der Waals surface area contributed by atoms with E-state index in [0.29, 0.717) is 5.56 Å². The summed E-state index contributed by atoms with van der Waals surface area (Å²) in [5, 5.41) is 10.5. The number of carbonyl (C=O) groups is 1. The van der Waals surface area contributed by atoms with Gasteiger partial charge in [0.1, 0.15) is 5.75 Å². The van der Waals surface area contributed by atoms with Gasteiger partial charge >= 0.3 is 5.97 Å². The maximum Gasteiger partial charge on any atom is 0.335 e. The van der Waals surface area contributed by atoms with E-state index < -0.39 is 5.97 Å². The summed E-state index contributed by atoms with van der Waals surface area (Å²) in [4.78, 5) is 17.2. The Balaban J connectivity index is 1.52. The van der Waals surface area contributed by atoms with Crippen LogP contribution >= 0.6 is 0 Å². The molecule has 2 aliphatic heterocycles. The summed E-state index contributed by atoms with van der Waals surface area (Å²) < 4.78 is 12.1. The van der Waals surface area contributed by atoms with Gasteiger partial charge in [-0.3, -0.25) is 4.90 Å². The number of hydrogen-bond donors (Lipinski definition) is 2. The Hall–Kier alpha value is -2.83. The van der Waals surface area contributed by atoms with Gasteiger partial charge in [-0.25, -0.2) is 4.79 Å². The Bertz CT molecular complexity index is 1130. The van der Waals surface area contributed by atoms with Crippen molar-refractivity contribution in [3.63, 3.8) is 0 Å². The van der Waals surface area contributed by atoms with Crippen molar-refractivity contribution in [2.24, 2.45) is 0 Å². The van der Waals surface area contributed by atoms with Crippen LogP contribution in [0.3, 0.4) is 0 Å². The van der Waals surface area contributed by atoms with Crippen LogP contribution < -0.4 is 4.74 Å². The lowest BCUT2D eigenvalue weighted by Gasteiger charge is -2.45. The summed E-state index contributed by atoms with van der Waals surface area (Å²) in [7, 11) is 1.73. The minimum absolute atomic E-state index is 0.0621. The Kier molecular flexibility index (Phi) is 5.43. The third-order valence-electron chi connectivity index (χ3n) is 7.28. The van der Waals surface area contributed by atoms with Gasteiger partial charge < -0.3 is 19.6 Å². The molecule has 2 atom stereocenters. The standard InChI is InChI=1S/C26H30N2O4/c1-17-14-23(31-2)21(20-8-11-27-24(17)20)16-28-12-10-26(9-3-13-32-26)15-22(28)18-4-6-19(7-5-18)25(29)30/h4-8,11,14,22,27H,3,9-10,12-13,15-16H2,1-2H3,(H,29,30)/t22-,26-/m1/s1. The number of aromatic amines is 1. The highest BCUT2D eigenvalue weighted by atomic mass is 16.5. The number of aromatic nitrogens is 1. The fraction of sp³-hybridized carbons (Fsp3) is 0.423. The van der Waals surface area contributed by atoms with Crippen molar-refractivity contribution in [3.8, 4) is 5.75 Å². The number of piperidine rings is 1. The van der Waals surface area contributed by atoms with Crippen molar-refractivity contribution >= 4 is 16.9 Å². The molecule has 3 heterocycles. The van der Waals surface area contributed by atoms with Crippen LogP contribution in [-0.4, -0.2) is 46.8 Å². The molecule has 5 rings (SSSR count). The predicted molar refractivity (Wildman–Crippen MR) is 123 cm³/mol. The van der Waals surface area contributed by atoms with Gasteiger partial charge in [0.2, 0.25) is 0 Å². The van der Waals surface area contributed by atoms with E-state index in [9.17, 15) is 9.90 Å². The molecule has 2 N–H and O–H groups in total. The van der Waals surface area contributed by atoms with Gasteiger partial charge in [0, 0.05) is 48.4 Å². The Morgan fingerprint density at radius 2 is 2.09 bits per heavy atom. The molecule has 2 saturated heterocycles. The maximum atomic E-state index is 11.3. The van der Waals surface area contributed by atoms with Gasteiger partial charge in [-0.1, -0.05) is 12.1 Å². The van der Waals surface area contributed by atoms with Crippen molar-refractivity contribution in [1.82, 2.24) is 9.88 Å². The van der Waals surface area contributed by atoms with Crippen LogP contribution in [0.2, 0.25) is 0 Å². The number of likely N-dealkylation sites (tertiary alicyclic amines) is 1. The normalized spacial score (nSPS) is 23.8. The lowest BCUT2D eigenvalue weighted by Crippen LogP contribution is -2.45. The van der Waals surface area contributed by atoms with E-state index >= 15 is 0 Å². The lowest BCUT2D eigenvalue weighted by molar-refractivity contribution is -0.0676. The number of nitrogens with one attached hydrogen (secondary N) is 1. The molecule has 2 fully saturated rings. The number of ether oxygens (including phenoxy) is 2. The summed E-state index contributed by atoms with van der Waals surface area (Å²) in [6.07, 6.45) is 6.13. The number of methoxy groups -OCH3 is 1. The molecule has 0 bridgehead atoms. The molecule has 168 valence electrons. The molecule has 2 aliphatic rings. The first-order chi connectivity index (χ1) is 15.5. The molecular formula is C26H30N2O4. The average molecular weight is 435 g/mol. The third-order valence-corrected chi connectivity index (χ3v) is 7.28. The van der Waals surface area contributed by atoms with E-state index in [1.54, 1.807) is 19.2 Å². The Morgan fingerprint density at radius 1 is 1.28 bits per heavy atom. The van der Waals surface area contributed by atoms with Crippen LogP contribution in [0.5, 0.6) is 5.75 Å². The quantitative estimate of drug-likeness (QED) is 0.586. The van der Waals surface area contributed by atoms with E-state index in [0.717, 1.165) is 62.2 Å². The van der Waals surface area contributed by atoms with Gasteiger partial charge in [-0.05, 0) is 68.0 Å². The highest BCUT2D eigenvalue weighted by Crippen LogP contribution is 2.45. The van der Waals surface area contributed by atoms with Crippen LogP contribution in [-0.2, 0) is 11.3 Å². The van der Waals surface area contributed by atoms with Crippen molar-refractivity contribution in [2.45, 2.75) is 50.8 Å². The number of benzene rings is 2. The van der Waals surface area contributed by atoms with Gasteiger partial charge in [0.15, 0.2) is 0 Å². The zero-order valence-electron chi connectivity index (χ0n) is 18.7. The second-order valence-corrected chi connectivity index (χ2v) is 9.14. The van der Waals surface area contributed by atoms with Crippen LogP contribution in [0, 0.1) is 6.92 Å². The molecule has 0 amide bonds. The van der Waals surface area contributed by atoms with E-state index in [1.165, 1.54) is 16.5 Å². The molecule has 1 spiro atoms. The van der Waals surface area contributed by atoms with E-state index in [-0.39, 0.29) is 11.6 Å². The number of aryl methyl sites for hydroxylation is 1. The molecule has 1 aromatic heterocycles. The highest BCUT2D eigenvalue weighted by molar-refractivity contribution is 5.88. The van der Waals surface area contributed by atoms with Crippen molar-refractivity contribution in [1.29, 1.82) is 0 Å². The first kappa shape index (κ1) is 21.0. The molecule has 0 saturated carbocycles. The van der Waals surface area contributed by atoms with E-state index in [1.807, 2.05) is 18.3 Å². The van der Waals surface area contributed by atoms with Gasteiger partial charge in [-0.15, -0.1) is 0 Å². The molecule has 6 heteroatoms. The number of carboxylic acids is 1. The predicted octanol–water partition coefficient (Wildman–Crippen LogP) is 5.07. The molecule has 0 unspecified atom stereocenters. The van der Waals surface area contributed by atoms with E-state index in [2.05, 4.69) is 28.9 Å². The largest absolute Gasteiger partial charge is 0.496 e.